The summed E-state index contributed by atoms with van der Waals surface area (Å²) in [7, 11) is 2.14. The number of benzene rings is 1. The van der Waals surface area contributed by atoms with E-state index in [0.717, 1.165) is 62.2 Å². The molecule has 0 radical (unpaired) electrons. The normalized spacial score (nSPS) is 16.3. The van der Waals surface area contributed by atoms with E-state index in [1.807, 2.05) is 26.0 Å². The summed E-state index contributed by atoms with van der Waals surface area (Å²) in [6.45, 7) is 8.72. The van der Waals surface area contributed by atoms with Crippen molar-refractivity contribution in [1.29, 1.82) is 0 Å². The van der Waals surface area contributed by atoms with Gasteiger partial charge in [-0.25, -0.2) is 0 Å². The molecule has 0 atom stereocenters. The monoisotopic (exact) mass is 453 g/mol. The van der Waals surface area contributed by atoms with Crippen LogP contribution in [0.15, 0.2) is 28.7 Å². The van der Waals surface area contributed by atoms with Crippen molar-refractivity contribution in [1.82, 2.24) is 9.88 Å². The molecule has 7 nitrogen and oxygen atoms in total. The maximum atomic E-state index is 11.8. The number of hydrogen-bond acceptors (Lipinski definition) is 7. The highest BCUT2D eigenvalue weighted by atomic mass is 16.5. The van der Waals surface area contributed by atoms with Gasteiger partial charge in [-0.3, -0.25) is 4.79 Å². The number of carbonyl (C=O) groups is 1. The predicted octanol–water partition coefficient (Wildman–Crippen LogP) is 4.03. The number of rotatable bonds is 9. The van der Waals surface area contributed by atoms with Crippen molar-refractivity contribution in [2.45, 2.75) is 46.0 Å². The number of carbonyl (C=O) groups excluding carboxylic acids is 1. The second kappa shape index (κ2) is 10.9. The zero-order chi connectivity index (χ0) is 23.2. The summed E-state index contributed by atoms with van der Waals surface area (Å²) in [5, 5.41) is 0. The molecule has 33 heavy (non-hydrogen) atoms. The molecule has 4 rings (SSSR count). The maximum absolute atomic E-state index is 11.8. The molecule has 2 aromatic rings. The number of ether oxygens (including phenoxy) is 2. The third-order valence-corrected chi connectivity index (χ3v) is 6.42. The lowest BCUT2D eigenvalue weighted by Gasteiger charge is -2.31. The quantitative estimate of drug-likeness (QED) is 0.531. The summed E-state index contributed by atoms with van der Waals surface area (Å²) < 4.78 is 17.3. The number of esters is 1. The number of aromatic nitrogens is 1. The lowest BCUT2D eigenvalue weighted by Crippen LogP contribution is -2.44. The lowest BCUT2D eigenvalue weighted by molar-refractivity contribution is -0.142. The number of nitrogens with zero attached hydrogens (tertiary/aromatic N) is 3. The van der Waals surface area contributed by atoms with E-state index in [1.54, 1.807) is 0 Å². The predicted molar refractivity (Wildman–Crippen MR) is 129 cm³/mol. The van der Waals surface area contributed by atoms with Crippen LogP contribution in [0.2, 0.25) is 0 Å². The van der Waals surface area contributed by atoms with Crippen LogP contribution in [0.4, 0.5) is 6.01 Å². The molecule has 178 valence electrons. The molecule has 1 saturated heterocycles. The minimum absolute atomic E-state index is 0.142. The molecule has 0 unspecified atom stereocenters. The van der Waals surface area contributed by atoms with Crippen molar-refractivity contribution >= 4 is 17.6 Å². The Labute approximate surface area is 196 Å². The zero-order valence-electron chi connectivity index (χ0n) is 20.1. The number of piperazine rings is 1. The van der Waals surface area contributed by atoms with E-state index in [9.17, 15) is 4.79 Å². The highest BCUT2D eigenvalue weighted by molar-refractivity contribution is 5.77. The molecule has 0 amide bonds. The molecular weight excluding hydrogens is 418 g/mol. The Bertz CT molecular complexity index is 989. The molecule has 7 heteroatoms. The smallest absolute Gasteiger partial charge is 0.306 e. The van der Waals surface area contributed by atoms with Crippen LogP contribution in [0.3, 0.4) is 0 Å². The third kappa shape index (κ3) is 5.77. The van der Waals surface area contributed by atoms with Crippen molar-refractivity contribution < 1.29 is 18.7 Å². The first-order chi connectivity index (χ1) is 16.0. The van der Waals surface area contributed by atoms with Crippen molar-refractivity contribution in [3.63, 3.8) is 0 Å². The van der Waals surface area contributed by atoms with Crippen LogP contribution < -0.4 is 9.64 Å². The summed E-state index contributed by atoms with van der Waals surface area (Å²) in [5.41, 5.74) is 4.59. The maximum Gasteiger partial charge on any atom is 0.306 e. The molecule has 0 spiro atoms. The van der Waals surface area contributed by atoms with Gasteiger partial charge in [0.1, 0.15) is 11.5 Å². The Balaban J connectivity index is 1.36. The van der Waals surface area contributed by atoms with Crippen LogP contribution in [0.25, 0.3) is 5.57 Å². The highest BCUT2D eigenvalue weighted by Crippen LogP contribution is 2.35. The fraction of sp³-hybridized carbons (Fsp3) is 0.538. The molecule has 0 bridgehead atoms. The van der Waals surface area contributed by atoms with Gasteiger partial charge < -0.3 is 23.7 Å². The first-order valence-electron chi connectivity index (χ1n) is 12.0. The third-order valence-electron chi connectivity index (χ3n) is 6.42. The van der Waals surface area contributed by atoms with E-state index in [2.05, 4.69) is 29.0 Å². The van der Waals surface area contributed by atoms with Crippen molar-refractivity contribution in [3.05, 3.63) is 46.9 Å². The summed E-state index contributed by atoms with van der Waals surface area (Å²) in [6, 6.07) is 6.93. The molecule has 2 heterocycles. The number of hydrogen-bond donors (Lipinski definition) is 0. The second-order valence-corrected chi connectivity index (χ2v) is 8.74. The van der Waals surface area contributed by atoms with E-state index in [0.29, 0.717) is 32.5 Å². The largest absolute Gasteiger partial charge is 0.493 e. The average Bonchev–Trinajstić information content (AvgIpc) is 3.19. The molecule has 0 saturated carbocycles. The first kappa shape index (κ1) is 23.4. The average molecular weight is 454 g/mol. The van der Waals surface area contributed by atoms with Crippen LogP contribution in [-0.2, 0) is 22.4 Å². The van der Waals surface area contributed by atoms with E-state index < -0.39 is 0 Å². The SMILES string of the molecule is CCOC(=O)CCC1=CCCc2c(OCCc3nc(N4CCN(C)CC4)oc3C)cccc21. The van der Waals surface area contributed by atoms with Gasteiger partial charge in [0.2, 0.25) is 0 Å². The number of allylic oxidation sites excluding steroid dienone is 2. The lowest BCUT2D eigenvalue weighted by atomic mass is 9.88. The number of fused-ring (bicyclic) bond motifs is 1. The number of aryl methyl sites for hydroxylation is 1. The Morgan fingerprint density at radius 1 is 1.18 bits per heavy atom. The summed E-state index contributed by atoms with van der Waals surface area (Å²) in [4.78, 5) is 21.1. The van der Waals surface area contributed by atoms with Gasteiger partial charge in [0.15, 0.2) is 0 Å². The van der Waals surface area contributed by atoms with E-state index in [-0.39, 0.29) is 5.97 Å². The number of likely N-dealkylation sites (N-methyl/N-ethyl adjacent to an activating group) is 1. The van der Waals surface area contributed by atoms with Crippen LogP contribution in [0, 0.1) is 6.92 Å². The Morgan fingerprint density at radius 3 is 2.79 bits per heavy atom. The molecule has 1 aromatic carbocycles. The Kier molecular flexibility index (Phi) is 7.70. The van der Waals surface area contributed by atoms with Crippen LogP contribution in [-0.4, -0.2) is 62.3 Å². The molecular formula is C26H35N3O4. The standard InChI is InChI=1S/C26H35N3O4/c1-4-31-25(30)12-11-20-7-5-9-22-21(20)8-6-10-24(22)32-18-13-23-19(2)33-26(27-23)29-16-14-28(3)15-17-29/h6-8,10H,4-5,9,11-18H2,1-3H3. The van der Waals surface area contributed by atoms with Crippen LogP contribution in [0.1, 0.15) is 48.8 Å². The van der Waals surface area contributed by atoms with Gasteiger partial charge in [-0.05, 0) is 57.4 Å². The van der Waals surface area contributed by atoms with Gasteiger partial charge in [0, 0.05) is 44.6 Å². The second-order valence-electron chi connectivity index (χ2n) is 8.74. The summed E-state index contributed by atoms with van der Waals surface area (Å²) in [5.74, 6) is 1.65. The Hall–Kier alpha value is -2.80. The van der Waals surface area contributed by atoms with E-state index in [4.69, 9.17) is 18.9 Å². The highest BCUT2D eigenvalue weighted by Gasteiger charge is 2.21. The summed E-state index contributed by atoms with van der Waals surface area (Å²) >= 11 is 0. The molecule has 0 N–H and O–H groups in total. The molecule has 1 aromatic heterocycles. The van der Waals surface area contributed by atoms with Crippen LogP contribution >= 0.6 is 0 Å². The molecule has 1 fully saturated rings. The molecule has 2 aliphatic rings. The van der Waals surface area contributed by atoms with Gasteiger partial charge in [0.25, 0.3) is 6.01 Å². The number of anilines is 1. The van der Waals surface area contributed by atoms with Gasteiger partial charge in [-0.15, -0.1) is 0 Å². The minimum atomic E-state index is -0.142. The topological polar surface area (TPSA) is 68.0 Å². The van der Waals surface area contributed by atoms with Crippen molar-refractivity contribution in [2.24, 2.45) is 0 Å². The van der Waals surface area contributed by atoms with Gasteiger partial charge in [-0.2, -0.15) is 4.98 Å². The fourth-order valence-electron chi connectivity index (χ4n) is 4.50. The summed E-state index contributed by atoms with van der Waals surface area (Å²) in [6.07, 6.45) is 5.96. The van der Waals surface area contributed by atoms with Gasteiger partial charge >= 0.3 is 5.97 Å². The Morgan fingerprint density at radius 2 is 2.00 bits per heavy atom. The van der Waals surface area contributed by atoms with Gasteiger partial charge in [-0.1, -0.05) is 18.2 Å². The minimum Gasteiger partial charge on any atom is -0.493 e. The van der Waals surface area contributed by atoms with Crippen LogP contribution in [0.5, 0.6) is 5.75 Å². The van der Waals surface area contributed by atoms with E-state index >= 15 is 0 Å². The number of oxazole rings is 1. The molecule has 1 aliphatic heterocycles. The zero-order valence-corrected chi connectivity index (χ0v) is 20.1. The molecule has 1 aliphatic carbocycles. The van der Waals surface area contributed by atoms with Crippen molar-refractivity contribution in [3.8, 4) is 5.75 Å². The van der Waals surface area contributed by atoms with E-state index in [1.165, 1.54) is 16.7 Å². The van der Waals surface area contributed by atoms with Crippen molar-refractivity contribution in [2.75, 3.05) is 51.3 Å². The fourth-order valence-corrected chi connectivity index (χ4v) is 4.50. The van der Waals surface area contributed by atoms with Gasteiger partial charge in [0.05, 0.1) is 18.9 Å². The first-order valence-corrected chi connectivity index (χ1v) is 12.0.